The van der Waals surface area contributed by atoms with Crippen molar-refractivity contribution in [3.63, 3.8) is 0 Å². The Morgan fingerprint density at radius 3 is 2.48 bits per heavy atom. The fourth-order valence-corrected chi connectivity index (χ4v) is 2.15. The Morgan fingerprint density at radius 1 is 1.19 bits per heavy atom. The van der Waals surface area contributed by atoms with E-state index in [9.17, 15) is 14.3 Å². The fraction of sp³-hybridized carbons (Fsp3) is 0.188. The summed E-state index contributed by atoms with van der Waals surface area (Å²) in [6.45, 7) is 0.656. The minimum Gasteiger partial charge on any atom is -0.507 e. The zero-order valence-electron chi connectivity index (χ0n) is 11.7. The van der Waals surface area contributed by atoms with Gasteiger partial charge in [0, 0.05) is 20.1 Å². The summed E-state index contributed by atoms with van der Waals surface area (Å²) in [6, 6.07) is 11.3. The summed E-state index contributed by atoms with van der Waals surface area (Å²) >= 11 is 0. The Kier molecular flexibility index (Phi) is 4.55. The number of nitrogens with two attached hydrogens (primary N) is 1. The van der Waals surface area contributed by atoms with Gasteiger partial charge in [0.15, 0.2) is 0 Å². The number of carbonyl (C=O) groups is 1. The summed E-state index contributed by atoms with van der Waals surface area (Å²) in [6.07, 6.45) is 0. The van der Waals surface area contributed by atoms with Crippen molar-refractivity contribution in [3.8, 4) is 5.75 Å². The highest BCUT2D eigenvalue weighted by molar-refractivity contribution is 5.96. The van der Waals surface area contributed by atoms with Crippen LogP contribution in [0.1, 0.15) is 21.5 Å². The molecule has 0 radical (unpaired) electrons. The molecule has 1 amide bonds. The van der Waals surface area contributed by atoms with Gasteiger partial charge in [-0.05, 0) is 23.3 Å². The molecule has 3 N–H and O–H groups in total. The van der Waals surface area contributed by atoms with Gasteiger partial charge in [0.1, 0.15) is 17.1 Å². The molecule has 0 unspecified atom stereocenters. The third-order valence-corrected chi connectivity index (χ3v) is 3.30. The van der Waals surface area contributed by atoms with Gasteiger partial charge in [-0.3, -0.25) is 4.79 Å². The number of hydrogen-bond acceptors (Lipinski definition) is 3. The number of phenols is 1. The van der Waals surface area contributed by atoms with Crippen molar-refractivity contribution in [2.75, 3.05) is 7.05 Å². The minimum atomic E-state index is -0.737. The largest absolute Gasteiger partial charge is 0.507 e. The lowest BCUT2D eigenvalue weighted by molar-refractivity contribution is 0.0777. The molecule has 0 aliphatic rings. The van der Waals surface area contributed by atoms with Gasteiger partial charge < -0.3 is 15.7 Å². The topological polar surface area (TPSA) is 66.6 Å². The van der Waals surface area contributed by atoms with Gasteiger partial charge in [-0.2, -0.15) is 0 Å². The quantitative estimate of drug-likeness (QED) is 0.907. The molecule has 2 rings (SSSR count). The standard InChI is InChI=1S/C16H17FN2O2/c1-19(10-12-6-3-2-5-11(12)9-18)16(21)15-13(17)7-4-8-14(15)20/h2-8,20H,9-10,18H2,1H3. The second kappa shape index (κ2) is 6.37. The molecule has 0 saturated heterocycles. The van der Waals surface area contributed by atoms with Crippen molar-refractivity contribution in [1.29, 1.82) is 0 Å². The molecule has 2 aromatic carbocycles. The van der Waals surface area contributed by atoms with Crippen LogP contribution < -0.4 is 5.73 Å². The summed E-state index contributed by atoms with van der Waals surface area (Å²) in [5.41, 5.74) is 7.16. The SMILES string of the molecule is CN(Cc1ccccc1CN)C(=O)c1c(O)cccc1F. The van der Waals surface area contributed by atoms with Crippen LogP contribution in [0, 0.1) is 5.82 Å². The number of halogens is 1. The molecule has 0 atom stereocenters. The normalized spacial score (nSPS) is 10.4. The van der Waals surface area contributed by atoms with Gasteiger partial charge in [-0.1, -0.05) is 30.3 Å². The molecule has 0 aromatic heterocycles. The molecule has 0 spiro atoms. The van der Waals surface area contributed by atoms with Crippen molar-refractivity contribution in [2.45, 2.75) is 13.1 Å². The second-order valence-electron chi connectivity index (χ2n) is 4.77. The molecule has 0 bridgehead atoms. The molecular formula is C16H17FN2O2. The molecule has 0 fully saturated rings. The van der Waals surface area contributed by atoms with E-state index >= 15 is 0 Å². The Balaban J connectivity index is 2.24. The average molecular weight is 288 g/mol. The summed E-state index contributed by atoms with van der Waals surface area (Å²) in [5.74, 6) is -1.67. The Labute approximate surface area is 122 Å². The van der Waals surface area contributed by atoms with E-state index < -0.39 is 11.7 Å². The van der Waals surface area contributed by atoms with E-state index in [0.717, 1.165) is 17.2 Å². The highest BCUT2D eigenvalue weighted by atomic mass is 19.1. The smallest absolute Gasteiger partial charge is 0.260 e. The van der Waals surface area contributed by atoms with Gasteiger partial charge in [-0.25, -0.2) is 4.39 Å². The zero-order valence-corrected chi connectivity index (χ0v) is 11.7. The maximum absolute atomic E-state index is 13.7. The Bertz CT molecular complexity index is 638. The highest BCUT2D eigenvalue weighted by Crippen LogP contribution is 2.22. The van der Waals surface area contributed by atoms with E-state index in [2.05, 4.69) is 0 Å². The number of hydrogen-bond donors (Lipinski definition) is 2. The fourth-order valence-electron chi connectivity index (χ4n) is 2.15. The molecule has 0 heterocycles. The molecule has 0 saturated carbocycles. The van der Waals surface area contributed by atoms with Crippen LogP contribution in [0.2, 0.25) is 0 Å². The predicted molar refractivity (Wildman–Crippen MR) is 78.2 cm³/mol. The molecule has 21 heavy (non-hydrogen) atoms. The number of aromatic hydroxyl groups is 1. The van der Waals surface area contributed by atoms with Crippen molar-refractivity contribution in [2.24, 2.45) is 5.73 Å². The molecular weight excluding hydrogens is 271 g/mol. The van der Waals surface area contributed by atoms with Crippen LogP contribution in [0.4, 0.5) is 4.39 Å². The lowest BCUT2D eigenvalue weighted by Crippen LogP contribution is -2.27. The monoisotopic (exact) mass is 288 g/mol. The third kappa shape index (κ3) is 3.20. The Hall–Kier alpha value is -2.40. The number of benzene rings is 2. The van der Waals surface area contributed by atoms with Crippen molar-refractivity contribution >= 4 is 5.91 Å². The van der Waals surface area contributed by atoms with Crippen molar-refractivity contribution < 1.29 is 14.3 Å². The van der Waals surface area contributed by atoms with Crippen LogP contribution in [0.3, 0.4) is 0 Å². The first-order chi connectivity index (χ1) is 10.0. The summed E-state index contributed by atoms with van der Waals surface area (Å²) in [7, 11) is 1.56. The number of rotatable bonds is 4. The van der Waals surface area contributed by atoms with E-state index in [-0.39, 0.29) is 11.3 Å². The number of amides is 1. The lowest BCUT2D eigenvalue weighted by atomic mass is 10.1. The first kappa shape index (κ1) is 15.0. The van der Waals surface area contributed by atoms with Crippen LogP contribution in [0.25, 0.3) is 0 Å². The molecule has 4 nitrogen and oxygen atoms in total. The molecule has 2 aromatic rings. The van der Waals surface area contributed by atoms with Crippen LogP contribution in [0.5, 0.6) is 5.75 Å². The van der Waals surface area contributed by atoms with Gasteiger partial charge in [0.25, 0.3) is 5.91 Å². The first-order valence-corrected chi connectivity index (χ1v) is 6.54. The predicted octanol–water partition coefficient (Wildman–Crippen LogP) is 2.26. The van der Waals surface area contributed by atoms with Crippen LogP contribution in [-0.2, 0) is 13.1 Å². The van der Waals surface area contributed by atoms with E-state index in [1.165, 1.54) is 17.0 Å². The Morgan fingerprint density at radius 2 is 1.86 bits per heavy atom. The van der Waals surface area contributed by atoms with Gasteiger partial charge in [0.2, 0.25) is 0 Å². The first-order valence-electron chi connectivity index (χ1n) is 6.54. The number of nitrogens with zero attached hydrogens (tertiary/aromatic N) is 1. The maximum atomic E-state index is 13.7. The maximum Gasteiger partial charge on any atom is 0.260 e. The third-order valence-electron chi connectivity index (χ3n) is 3.30. The minimum absolute atomic E-state index is 0.292. The van der Waals surface area contributed by atoms with E-state index in [1.54, 1.807) is 7.05 Å². The van der Waals surface area contributed by atoms with Crippen LogP contribution >= 0.6 is 0 Å². The summed E-state index contributed by atoms with van der Waals surface area (Å²) < 4.78 is 13.7. The highest BCUT2D eigenvalue weighted by Gasteiger charge is 2.20. The zero-order chi connectivity index (χ0) is 15.4. The van der Waals surface area contributed by atoms with E-state index in [1.807, 2.05) is 24.3 Å². The van der Waals surface area contributed by atoms with Gasteiger partial charge in [-0.15, -0.1) is 0 Å². The molecule has 110 valence electrons. The van der Waals surface area contributed by atoms with Crippen molar-refractivity contribution in [1.82, 2.24) is 4.90 Å². The lowest BCUT2D eigenvalue weighted by Gasteiger charge is -2.19. The summed E-state index contributed by atoms with van der Waals surface area (Å²) in [4.78, 5) is 13.6. The van der Waals surface area contributed by atoms with Crippen LogP contribution in [0.15, 0.2) is 42.5 Å². The number of carbonyl (C=O) groups excluding carboxylic acids is 1. The second-order valence-corrected chi connectivity index (χ2v) is 4.77. The summed E-state index contributed by atoms with van der Waals surface area (Å²) in [5, 5.41) is 9.67. The van der Waals surface area contributed by atoms with E-state index in [4.69, 9.17) is 5.73 Å². The van der Waals surface area contributed by atoms with Crippen LogP contribution in [-0.4, -0.2) is 23.0 Å². The van der Waals surface area contributed by atoms with E-state index in [0.29, 0.717) is 13.1 Å². The van der Waals surface area contributed by atoms with Crippen molar-refractivity contribution in [3.05, 3.63) is 65.0 Å². The molecule has 5 heteroatoms. The van der Waals surface area contributed by atoms with Gasteiger partial charge in [0.05, 0.1) is 0 Å². The molecule has 0 aliphatic heterocycles. The molecule has 0 aliphatic carbocycles. The number of phenolic OH excluding ortho intramolecular Hbond substituents is 1. The average Bonchev–Trinajstić information content (AvgIpc) is 2.47. The van der Waals surface area contributed by atoms with Gasteiger partial charge >= 0.3 is 0 Å².